The molecule has 0 unspecified atom stereocenters. The van der Waals surface area contributed by atoms with E-state index in [2.05, 4.69) is 61.6 Å². The van der Waals surface area contributed by atoms with Crippen LogP contribution in [0.5, 0.6) is 0 Å². The van der Waals surface area contributed by atoms with E-state index in [1.54, 1.807) is 0 Å². The third kappa shape index (κ3) is 4.81. The molecule has 0 saturated heterocycles. The Morgan fingerprint density at radius 1 is 1.50 bits per heavy atom. The van der Waals surface area contributed by atoms with Crippen molar-refractivity contribution < 1.29 is 4.79 Å². The highest BCUT2D eigenvalue weighted by molar-refractivity contribution is 14.2. The summed E-state index contributed by atoms with van der Waals surface area (Å²) < 4.78 is 1.98. The molecule has 0 aliphatic rings. The van der Waals surface area contributed by atoms with Crippen molar-refractivity contribution in [2.75, 3.05) is 0 Å². The number of halogens is 1. The van der Waals surface area contributed by atoms with E-state index in [4.69, 9.17) is 0 Å². The summed E-state index contributed by atoms with van der Waals surface area (Å²) in [7, 11) is 1.52. The summed E-state index contributed by atoms with van der Waals surface area (Å²) >= 11 is 2.21. The van der Waals surface area contributed by atoms with E-state index in [0.717, 1.165) is 22.7 Å². The number of aromatic nitrogens is 1. The molecule has 0 spiro atoms. The van der Waals surface area contributed by atoms with Crippen LogP contribution in [0.25, 0.3) is 12.7 Å². The molecule has 0 atom stereocenters. The summed E-state index contributed by atoms with van der Waals surface area (Å²) in [5, 5.41) is 1.90. The van der Waals surface area contributed by atoms with Crippen molar-refractivity contribution >= 4 is 48.8 Å². The van der Waals surface area contributed by atoms with Gasteiger partial charge in [-0.15, -0.1) is 0 Å². The minimum Gasteiger partial charge on any atom is -0.292 e. The van der Waals surface area contributed by atoms with Crippen LogP contribution < -0.4 is 10.6 Å². The average Bonchev–Trinajstić information content (AvgIpc) is 2.69. The summed E-state index contributed by atoms with van der Waals surface area (Å²) in [6.07, 6.45) is 5.61. The van der Waals surface area contributed by atoms with Gasteiger partial charge >= 0.3 is 0 Å². The van der Waals surface area contributed by atoms with Crippen LogP contribution in [0.2, 0.25) is 0 Å². The second-order valence-electron chi connectivity index (χ2n) is 5.57. The van der Waals surface area contributed by atoms with Crippen molar-refractivity contribution in [1.29, 1.82) is 0 Å². The van der Waals surface area contributed by atoms with Gasteiger partial charge in [0.2, 0.25) is 0 Å². The molecule has 0 amide bonds. The molecule has 1 rings (SSSR count). The molecule has 4 heteroatoms. The van der Waals surface area contributed by atoms with E-state index < -0.39 is 0 Å². The van der Waals surface area contributed by atoms with Crippen molar-refractivity contribution in [3.8, 4) is 0 Å². The summed E-state index contributed by atoms with van der Waals surface area (Å²) in [5.74, 6) is 0.746. The zero-order chi connectivity index (χ0) is 15.3. The summed E-state index contributed by atoms with van der Waals surface area (Å²) in [6.45, 7) is 12.4. The minimum absolute atomic E-state index is 0.199. The Hall–Kier alpha value is -0.490. The summed E-state index contributed by atoms with van der Waals surface area (Å²) in [4.78, 5) is 12.3. The predicted octanol–water partition coefficient (Wildman–Crippen LogP) is 4.11. The highest BCUT2D eigenvalue weighted by Gasteiger charge is 2.13. The number of ketones is 1. The Labute approximate surface area is 137 Å². The van der Waals surface area contributed by atoms with Gasteiger partial charge < -0.3 is 0 Å². The van der Waals surface area contributed by atoms with Crippen LogP contribution in [0.1, 0.15) is 51.0 Å². The number of allylic oxidation sites excluding steroid dienone is 2. The van der Waals surface area contributed by atoms with Crippen LogP contribution in [-0.4, -0.2) is 9.76 Å². The lowest BCUT2D eigenvalue weighted by molar-refractivity contribution is 0.0970. The van der Waals surface area contributed by atoms with Gasteiger partial charge in [-0.05, 0) is 43.5 Å². The van der Waals surface area contributed by atoms with E-state index in [0.29, 0.717) is 12.3 Å². The van der Waals surface area contributed by atoms with Gasteiger partial charge in [0.25, 0.3) is 0 Å². The normalized spacial score (nSPS) is 12.0. The highest BCUT2D eigenvalue weighted by Crippen LogP contribution is 2.17. The van der Waals surface area contributed by atoms with Crippen LogP contribution in [0.15, 0.2) is 17.7 Å². The number of rotatable bonds is 6. The maximum atomic E-state index is 12.3. The zero-order valence-electron chi connectivity index (χ0n) is 12.6. The Morgan fingerprint density at radius 2 is 2.15 bits per heavy atom. The number of carbonyl (C=O) groups excluding carboxylic acids is 1. The smallest absolute Gasteiger partial charge is 0.180 e. The summed E-state index contributed by atoms with van der Waals surface area (Å²) in [5.41, 5.74) is 1.98. The van der Waals surface area contributed by atoms with Crippen LogP contribution in [0.4, 0.5) is 0 Å². The van der Waals surface area contributed by atoms with Crippen molar-refractivity contribution in [3.05, 3.63) is 34.0 Å². The fourth-order valence-corrected chi connectivity index (χ4v) is 3.55. The maximum Gasteiger partial charge on any atom is 0.180 e. The third-order valence-electron chi connectivity index (χ3n) is 2.96. The van der Waals surface area contributed by atoms with Crippen LogP contribution in [0, 0.1) is 5.92 Å². The van der Waals surface area contributed by atoms with Gasteiger partial charge in [-0.2, -0.15) is 0 Å². The standard InChI is InChI=1S/C16H22INOS/c1-11(2)6-8-14-13(5)10-15(18(14)20-17)16(19)9-7-12(3)4/h6,8,10,12H,5,7,9H2,1-4H3/b14-8+. The Balaban J connectivity index is 3.21. The minimum atomic E-state index is 0.199. The Bertz CT molecular complexity index is 609. The number of Topliss-reactive ketones (excluding diaryl/α,β-unsaturated/α-hetero) is 1. The molecule has 1 aromatic rings. The lowest BCUT2D eigenvalue weighted by Crippen LogP contribution is -2.25. The molecule has 0 saturated carbocycles. The van der Waals surface area contributed by atoms with Gasteiger partial charge in [-0.25, -0.2) is 0 Å². The van der Waals surface area contributed by atoms with Crippen molar-refractivity contribution in [2.45, 2.75) is 40.5 Å². The van der Waals surface area contributed by atoms with E-state index in [-0.39, 0.29) is 5.78 Å². The molecule has 1 heterocycles. The first kappa shape index (κ1) is 17.6. The summed E-state index contributed by atoms with van der Waals surface area (Å²) in [6, 6.07) is 1.90. The molecule has 2 nitrogen and oxygen atoms in total. The van der Waals surface area contributed by atoms with Gasteiger partial charge in [0, 0.05) is 36.7 Å². The molecule has 0 radical (unpaired) electrons. The number of nitrogens with zero attached hydrogens (tertiary/aromatic N) is 1. The first-order valence-corrected chi connectivity index (χ1v) is 10.1. The second-order valence-corrected chi connectivity index (χ2v) is 7.25. The number of hydrogen-bond donors (Lipinski definition) is 0. The van der Waals surface area contributed by atoms with Crippen molar-refractivity contribution in [3.63, 3.8) is 0 Å². The molecular formula is C16H22INOS. The first-order valence-electron chi connectivity index (χ1n) is 6.75. The van der Waals surface area contributed by atoms with Crippen molar-refractivity contribution in [2.24, 2.45) is 5.92 Å². The van der Waals surface area contributed by atoms with Crippen LogP contribution >= 0.6 is 30.3 Å². The maximum absolute atomic E-state index is 12.3. The Kier molecular flexibility index (Phi) is 7.09. The zero-order valence-corrected chi connectivity index (χ0v) is 15.5. The van der Waals surface area contributed by atoms with E-state index >= 15 is 0 Å². The Morgan fingerprint density at radius 3 is 2.65 bits per heavy atom. The topological polar surface area (TPSA) is 22.0 Å². The third-order valence-corrected chi connectivity index (χ3v) is 4.67. The molecule has 0 N–H and O–H groups in total. The highest BCUT2D eigenvalue weighted by atomic mass is 127. The van der Waals surface area contributed by atoms with Crippen LogP contribution in [-0.2, 0) is 0 Å². The van der Waals surface area contributed by atoms with Gasteiger partial charge in [0.15, 0.2) is 5.78 Å². The van der Waals surface area contributed by atoms with Gasteiger partial charge in [0.1, 0.15) is 0 Å². The number of hydrogen-bond acceptors (Lipinski definition) is 2. The molecular weight excluding hydrogens is 381 g/mol. The molecule has 110 valence electrons. The largest absolute Gasteiger partial charge is 0.292 e. The quantitative estimate of drug-likeness (QED) is 0.527. The van der Waals surface area contributed by atoms with Crippen molar-refractivity contribution in [1.82, 2.24) is 3.97 Å². The predicted molar refractivity (Wildman–Crippen MR) is 98.5 cm³/mol. The molecule has 20 heavy (non-hydrogen) atoms. The number of carbonyl (C=O) groups is 1. The fourth-order valence-electron chi connectivity index (χ4n) is 1.79. The van der Waals surface area contributed by atoms with Crippen LogP contribution in [0.3, 0.4) is 0 Å². The lowest BCUT2D eigenvalue weighted by Gasteiger charge is -2.06. The molecule has 0 bridgehead atoms. The average molecular weight is 403 g/mol. The van der Waals surface area contributed by atoms with E-state index in [1.807, 2.05) is 16.1 Å². The van der Waals surface area contributed by atoms with Gasteiger partial charge in [-0.3, -0.25) is 8.77 Å². The second kappa shape index (κ2) is 8.08. The molecule has 0 aliphatic carbocycles. The first-order chi connectivity index (χ1) is 9.36. The molecule has 0 fully saturated rings. The van der Waals surface area contributed by atoms with Gasteiger partial charge in [0.05, 0.1) is 11.0 Å². The fraction of sp³-hybridized carbons (Fsp3) is 0.438. The van der Waals surface area contributed by atoms with E-state index in [9.17, 15) is 4.79 Å². The molecule has 0 aliphatic heterocycles. The van der Waals surface area contributed by atoms with E-state index in [1.165, 1.54) is 14.7 Å². The molecule has 0 aromatic carbocycles. The lowest BCUT2D eigenvalue weighted by atomic mass is 10.0. The SMILES string of the molecule is C=c1cc(C(=O)CCC(C)C)n(SI)/c1=C/C=C(C)C. The molecule has 1 aromatic heterocycles. The monoisotopic (exact) mass is 403 g/mol. The van der Waals surface area contributed by atoms with Gasteiger partial charge in [-0.1, -0.05) is 32.1 Å².